The van der Waals surface area contributed by atoms with E-state index in [4.69, 9.17) is 0 Å². The molecule has 25 heavy (non-hydrogen) atoms. The number of rotatable bonds is 3. The summed E-state index contributed by atoms with van der Waals surface area (Å²) >= 11 is 0. The molecule has 0 saturated carbocycles. The van der Waals surface area contributed by atoms with E-state index < -0.39 is 0 Å². The Morgan fingerprint density at radius 2 is 1.88 bits per heavy atom. The van der Waals surface area contributed by atoms with E-state index >= 15 is 0 Å². The average molecular weight is 328 g/mol. The summed E-state index contributed by atoms with van der Waals surface area (Å²) in [5.74, 6) is 0. The van der Waals surface area contributed by atoms with Crippen LogP contribution >= 0.6 is 0 Å². The predicted molar refractivity (Wildman–Crippen MR) is 90.6 cm³/mol. The summed E-state index contributed by atoms with van der Waals surface area (Å²) in [6, 6.07) is 7.80. The SMILES string of the molecule is c1cc(-c2cnc3nnn(Cc4ccc5nccn5c4)c3n2)ccn1. The van der Waals surface area contributed by atoms with Gasteiger partial charge in [0.25, 0.3) is 0 Å². The molecule has 5 rings (SSSR count). The Bertz CT molecular complexity index is 1180. The molecule has 0 spiro atoms. The van der Waals surface area contributed by atoms with E-state index in [0.29, 0.717) is 17.8 Å². The molecule has 8 heteroatoms. The van der Waals surface area contributed by atoms with Gasteiger partial charge in [0.1, 0.15) is 5.65 Å². The lowest BCUT2D eigenvalue weighted by Crippen LogP contribution is -2.04. The second-order valence-electron chi connectivity index (χ2n) is 5.62. The molecule has 0 amide bonds. The van der Waals surface area contributed by atoms with Crippen LogP contribution in [0.3, 0.4) is 0 Å². The van der Waals surface area contributed by atoms with E-state index in [0.717, 1.165) is 22.5 Å². The Morgan fingerprint density at radius 1 is 0.960 bits per heavy atom. The van der Waals surface area contributed by atoms with E-state index in [2.05, 4.69) is 30.2 Å². The van der Waals surface area contributed by atoms with Crippen molar-refractivity contribution >= 4 is 16.9 Å². The lowest BCUT2D eigenvalue weighted by molar-refractivity contribution is 0.662. The molecule has 0 fully saturated rings. The van der Waals surface area contributed by atoms with E-state index in [1.165, 1.54) is 0 Å². The third kappa shape index (κ3) is 2.40. The van der Waals surface area contributed by atoms with Gasteiger partial charge in [-0.25, -0.2) is 19.6 Å². The summed E-state index contributed by atoms with van der Waals surface area (Å²) in [4.78, 5) is 17.3. The maximum atomic E-state index is 4.68. The van der Waals surface area contributed by atoms with Gasteiger partial charge in [-0.2, -0.15) is 0 Å². The fraction of sp³-hybridized carbons (Fsp3) is 0.0588. The number of fused-ring (bicyclic) bond motifs is 2. The zero-order valence-electron chi connectivity index (χ0n) is 13.1. The third-order valence-electron chi connectivity index (χ3n) is 3.99. The second-order valence-corrected chi connectivity index (χ2v) is 5.62. The van der Waals surface area contributed by atoms with Crippen LogP contribution in [0.15, 0.2) is 61.4 Å². The van der Waals surface area contributed by atoms with E-state index in [1.807, 2.05) is 41.1 Å². The van der Waals surface area contributed by atoms with Crippen molar-refractivity contribution in [3.63, 3.8) is 0 Å². The number of hydrogen-bond acceptors (Lipinski definition) is 6. The number of pyridine rings is 2. The van der Waals surface area contributed by atoms with Crippen molar-refractivity contribution in [2.45, 2.75) is 6.54 Å². The van der Waals surface area contributed by atoms with E-state index in [9.17, 15) is 0 Å². The minimum atomic E-state index is 0.529. The van der Waals surface area contributed by atoms with Crippen molar-refractivity contribution in [2.75, 3.05) is 0 Å². The van der Waals surface area contributed by atoms with Crippen LogP contribution in [-0.4, -0.2) is 39.3 Å². The van der Waals surface area contributed by atoms with Crippen molar-refractivity contribution in [1.29, 1.82) is 0 Å². The molecule has 0 bridgehead atoms. The summed E-state index contributed by atoms with van der Waals surface area (Å²) < 4.78 is 3.73. The van der Waals surface area contributed by atoms with E-state index in [1.54, 1.807) is 29.5 Å². The Balaban J connectivity index is 1.56. The summed E-state index contributed by atoms with van der Waals surface area (Å²) in [7, 11) is 0. The largest absolute Gasteiger partial charge is 0.307 e. The number of imidazole rings is 1. The smallest absolute Gasteiger partial charge is 0.221 e. The van der Waals surface area contributed by atoms with Crippen molar-refractivity contribution in [1.82, 2.24) is 39.3 Å². The molecule has 0 aromatic carbocycles. The van der Waals surface area contributed by atoms with Gasteiger partial charge in [0, 0.05) is 36.5 Å². The van der Waals surface area contributed by atoms with Gasteiger partial charge < -0.3 is 4.40 Å². The van der Waals surface area contributed by atoms with Crippen molar-refractivity contribution in [3.05, 3.63) is 67.0 Å². The van der Waals surface area contributed by atoms with Gasteiger partial charge in [0.2, 0.25) is 5.65 Å². The first-order chi connectivity index (χ1) is 12.4. The molecule has 5 heterocycles. The zero-order valence-corrected chi connectivity index (χ0v) is 13.1. The Hall–Kier alpha value is -3.68. The summed E-state index contributed by atoms with van der Waals surface area (Å²) in [5.41, 5.74) is 4.89. The molecule has 0 atom stereocenters. The van der Waals surface area contributed by atoms with Gasteiger partial charge in [-0.15, -0.1) is 5.10 Å². The highest BCUT2D eigenvalue weighted by molar-refractivity contribution is 5.69. The minimum absolute atomic E-state index is 0.529. The van der Waals surface area contributed by atoms with Crippen LogP contribution in [0.25, 0.3) is 28.2 Å². The fourth-order valence-corrected chi connectivity index (χ4v) is 2.76. The van der Waals surface area contributed by atoms with E-state index in [-0.39, 0.29) is 0 Å². The van der Waals surface area contributed by atoms with Gasteiger partial charge in [0.15, 0.2) is 5.65 Å². The summed E-state index contributed by atoms with van der Waals surface area (Å²) in [6.07, 6.45) is 10.9. The quantitative estimate of drug-likeness (QED) is 0.503. The maximum Gasteiger partial charge on any atom is 0.221 e. The molecule has 0 radical (unpaired) electrons. The average Bonchev–Trinajstić information content (AvgIpc) is 3.29. The summed E-state index contributed by atoms with van der Waals surface area (Å²) in [5, 5.41) is 8.31. The third-order valence-corrected chi connectivity index (χ3v) is 3.99. The highest BCUT2D eigenvalue weighted by Gasteiger charge is 2.10. The fourth-order valence-electron chi connectivity index (χ4n) is 2.76. The van der Waals surface area contributed by atoms with Crippen molar-refractivity contribution in [3.8, 4) is 11.3 Å². The lowest BCUT2D eigenvalue weighted by atomic mass is 10.2. The second kappa shape index (κ2) is 5.45. The molecule has 0 N–H and O–H groups in total. The van der Waals surface area contributed by atoms with Crippen LogP contribution in [0.5, 0.6) is 0 Å². The van der Waals surface area contributed by atoms with Crippen molar-refractivity contribution < 1.29 is 0 Å². The maximum absolute atomic E-state index is 4.68. The number of aromatic nitrogens is 8. The molecular formula is C17H12N8. The molecule has 120 valence electrons. The van der Waals surface area contributed by atoms with Crippen LogP contribution in [0, 0.1) is 0 Å². The highest BCUT2D eigenvalue weighted by Crippen LogP contribution is 2.17. The van der Waals surface area contributed by atoms with Gasteiger partial charge in [0.05, 0.1) is 18.4 Å². The summed E-state index contributed by atoms with van der Waals surface area (Å²) in [6.45, 7) is 0.555. The van der Waals surface area contributed by atoms with Crippen LogP contribution in [-0.2, 0) is 6.54 Å². The first kappa shape index (κ1) is 13.7. The topological polar surface area (TPSA) is 86.7 Å². The normalized spacial score (nSPS) is 11.4. The van der Waals surface area contributed by atoms with Crippen LogP contribution in [0.2, 0.25) is 0 Å². The minimum Gasteiger partial charge on any atom is -0.307 e. The van der Waals surface area contributed by atoms with Crippen LogP contribution in [0.1, 0.15) is 5.56 Å². The molecule has 5 aromatic rings. The van der Waals surface area contributed by atoms with Crippen LogP contribution < -0.4 is 0 Å². The first-order valence-corrected chi connectivity index (χ1v) is 7.75. The Kier molecular flexibility index (Phi) is 2.99. The monoisotopic (exact) mass is 328 g/mol. The molecular weight excluding hydrogens is 316 g/mol. The predicted octanol–water partition coefficient (Wildman–Crippen LogP) is 1.98. The van der Waals surface area contributed by atoms with Gasteiger partial charge in [-0.1, -0.05) is 11.3 Å². The first-order valence-electron chi connectivity index (χ1n) is 7.75. The molecule has 5 aromatic heterocycles. The molecule has 0 unspecified atom stereocenters. The van der Waals surface area contributed by atoms with Gasteiger partial charge in [-0.3, -0.25) is 4.98 Å². The van der Waals surface area contributed by atoms with Gasteiger partial charge >= 0.3 is 0 Å². The highest BCUT2D eigenvalue weighted by atomic mass is 15.4. The van der Waals surface area contributed by atoms with Gasteiger partial charge in [-0.05, 0) is 23.8 Å². The molecule has 0 aliphatic heterocycles. The molecule has 0 saturated heterocycles. The van der Waals surface area contributed by atoms with Crippen molar-refractivity contribution in [2.24, 2.45) is 0 Å². The molecule has 0 aliphatic rings. The molecule has 0 aliphatic carbocycles. The zero-order chi connectivity index (χ0) is 16.6. The Morgan fingerprint density at radius 3 is 2.80 bits per heavy atom. The lowest BCUT2D eigenvalue weighted by Gasteiger charge is -2.04. The Labute approximate surface area is 141 Å². The standard InChI is InChI=1S/C17H12N8/c1-2-15-19-7-8-24(15)10-12(1)11-25-17-16(22-23-25)20-9-14(21-17)13-3-5-18-6-4-13/h1-10H,11H2. The molecule has 8 nitrogen and oxygen atoms in total. The number of hydrogen-bond donors (Lipinski definition) is 0. The van der Waals surface area contributed by atoms with Crippen LogP contribution in [0.4, 0.5) is 0 Å². The number of nitrogens with zero attached hydrogens (tertiary/aromatic N) is 8.